The fraction of sp³-hybridized carbons (Fsp3) is 0.0769. The van der Waals surface area contributed by atoms with Crippen molar-refractivity contribution in [2.75, 3.05) is 12.4 Å². The van der Waals surface area contributed by atoms with Crippen LogP contribution in [0.2, 0.25) is 0 Å². The van der Waals surface area contributed by atoms with Gasteiger partial charge in [0.15, 0.2) is 0 Å². The Morgan fingerprint density at radius 3 is 2.66 bits per heavy atom. The minimum absolute atomic E-state index is 0.213. The molecule has 0 unspecified atom stereocenters. The normalized spacial score (nSPS) is 10.8. The Bertz CT molecular complexity index is 1460. The molecular formula is C26H20FN5O3. The van der Waals surface area contributed by atoms with Gasteiger partial charge >= 0.3 is 0 Å². The maximum atomic E-state index is 13.1. The summed E-state index contributed by atoms with van der Waals surface area (Å²) >= 11 is 0. The second-order valence-corrected chi connectivity index (χ2v) is 7.74. The van der Waals surface area contributed by atoms with Gasteiger partial charge in [-0.3, -0.25) is 4.79 Å². The van der Waals surface area contributed by atoms with Crippen molar-refractivity contribution in [3.05, 3.63) is 102 Å². The van der Waals surface area contributed by atoms with Gasteiger partial charge in [-0.05, 0) is 60.2 Å². The van der Waals surface area contributed by atoms with Crippen LogP contribution in [0.1, 0.15) is 15.9 Å². The molecule has 0 saturated heterocycles. The lowest BCUT2D eigenvalue weighted by Gasteiger charge is -2.08. The van der Waals surface area contributed by atoms with Crippen molar-refractivity contribution in [3.8, 4) is 28.7 Å². The van der Waals surface area contributed by atoms with Gasteiger partial charge < -0.3 is 19.1 Å². The maximum absolute atomic E-state index is 13.1. The Morgan fingerprint density at radius 1 is 1.09 bits per heavy atom. The van der Waals surface area contributed by atoms with Crippen LogP contribution in [0.3, 0.4) is 0 Å². The number of nitrogens with zero attached hydrogens (tertiary/aromatic N) is 4. The Morgan fingerprint density at radius 2 is 1.89 bits per heavy atom. The molecule has 1 amide bonds. The number of nitrogens with one attached hydrogen (secondary N) is 1. The van der Waals surface area contributed by atoms with Crippen molar-refractivity contribution >= 4 is 11.6 Å². The third-order valence-corrected chi connectivity index (χ3v) is 5.29. The summed E-state index contributed by atoms with van der Waals surface area (Å²) in [4.78, 5) is 21.2. The minimum atomic E-state index is -0.330. The number of benzene rings is 3. The first-order valence-electron chi connectivity index (χ1n) is 10.7. The standard InChI is InChI=1S/C26H20FN5O3/c1-34-22-4-2-3-19(13-22)25(33)29-21-11-5-17(6-12-21)14-32-15-23(28-16-32)26-30-24(31-35-26)18-7-9-20(27)10-8-18/h2-13,15-16H,14H2,1H3,(H,29,33). The zero-order chi connectivity index (χ0) is 24.2. The number of ether oxygens (including phenoxy) is 1. The van der Waals surface area contributed by atoms with E-state index in [2.05, 4.69) is 20.4 Å². The summed E-state index contributed by atoms with van der Waals surface area (Å²) in [5, 5.41) is 6.83. The van der Waals surface area contributed by atoms with Crippen LogP contribution in [-0.2, 0) is 6.54 Å². The van der Waals surface area contributed by atoms with Crippen molar-refractivity contribution in [1.82, 2.24) is 19.7 Å². The monoisotopic (exact) mass is 469 g/mol. The van der Waals surface area contributed by atoms with Crippen LogP contribution in [0.15, 0.2) is 89.8 Å². The molecule has 0 aliphatic heterocycles. The zero-order valence-corrected chi connectivity index (χ0v) is 18.7. The Balaban J connectivity index is 1.23. The fourth-order valence-electron chi connectivity index (χ4n) is 3.47. The molecule has 5 aromatic rings. The molecule has 0 radical (unpaired) electrons. The molecule has 0 fully saturated rings. The summed E-state index contributed by atoms with van der Waals surface area (Å²) in [5.41, 5.74) is 3.41. The summed E-state index contributed by atoms with van der Waals surface area (Å²) in [6.07, 6.45) is 3.48. The molecule has 0 spiro atoms. The van der Waals surface area contributed by atoms with Crippen molar-refractivity contribution in [3.63, 3.8) is 0 Å². The number of carbonyl (C=O) groups excluding carboxylic acids is 1. The van der Waals surface area contributed by atoms with Crippen LogP contribution in [0.5, 0.6) is 5.75 Å². The van der Waals surface area contributed by atoms with E-state index < -0.39 is 0 Å². The van der Waals surface area contributed by atoms with E-state index in [1.807, 2.05) is 28.8 Å². The smallest absolute Gasteiger partial charge is 0.278 e. The van der Waals surface area contributed by atoms with E-state index in [1.54, 1.807) is 56.0 Å². The van der Waals surface area contributed by atoms with Gasteiger partial charge in [0.05, 0.1) is 13.4 Å². The largest absolute Gasteiger partial charge is 0.497 e. The van der Waals surface area contributed by atoms with Gasteiger partial charge in [-0.1, -0.05) is 23.4 Å². The molecule has 5 rings (SSSR count). The Hall–Kier alpha value is -4.79. The first-order chi connectivity index (χ1) is 17.1. The number of amides is 1. The number of halogens is 1. The molecule has 9 heteroatoms. The van der Waals surface area contributed by atoms with E-state index >= 15 is 0 Å². The second kappa shape index (κ2) is 9.60. The summed E-state index contributed by atoms with van der Waals surface area (Å²) < 4.78 is 25.5. The highest BCUT2D eigenvalue weighted by Gasteiger charge is 2.13. The number of aromatic nitrogens is 4. The molecule has 3 aromatic carbocycles. The lowest BCUT2D eigenvalue weighted by molar-refractivity contribution is 0.102. The zero-order valence-electron chi connectivity index (χ0n) is 18.7. The van der Waals surface area contributed by atoms with Crippen molar-refractivity contribution in [2.24, 2.45) is 0 Å². The SMILES string of the molecule is COc1cccc(C(=O)Nc2ccc(Cn3cnc(-c4nc(-c5ccc(F)cc5)no4)c3)cc2)c1. The molecule has 0 bridgehead atoms. The van der Waals surface area contributed by atoms with E-state index in [4.69, 9.17) is 9.26 Å². The molecule has 2 aromatic heterocycles. The average Bonchev–Trinajstić information content (AvgIpc) is 3.56. The third-order valence-electron chi connectivity index (χ3n) is 5.29. The van der Waals surface area contributed by atoms with Gasteiger partial charge in [0.1, 0.15) is 17.3 Å². The van der Waals surface area contributed by atoms with Crippen LogP contribution < -0.4 is 10.1 Å². The number of hydrogen-bond donors (Lipinski definition) is 1. The van der Waals surface area contributed by atoms with E-state index in [-0.39, 0.29) is 17.6 Å². The highest BCUT2D eigenvalue weighted by Crippen LogP contribution is 2.22. The molecule has 1 N–H and O–H groups in total. The molecule has 2 heterocycles. The Labute approximate surface area is 200 Å². The third kappa shape index (κ3) is 5.09. The van der Waals surface area contributed by atoms with Gasteiger partial charge in [-0.2, -0.15) is 4.98 Å². The van der Waals surface area contributed by atoms with E-state index in [0.717, 1.165) is 5.56 Å². The predicted octanol–water partition coefficient (Wildman–Crippen LogP) is 5.05. The minimum Gasteiger partial charge on any atom is -0.497 e. The van der Waals surface area contributed by atoms with Gasteiger partial charge in [-0.15, -0.1) is 0 Å². The number of anilines is 1. The molecule has 0 aliphatic carbocycles. The summed E-state index contributed by atoms with van der Waals surface area (Å²) in [5.74, 6) is 0.721. The molecule has 0 saturated carbocycles. The van der Waals surface area contributed by atoms with Crippen LogP contribution in [-0.4, -0.2) is 32.7 Å². The quantitative estimate of drug-likeness (QED) is 0.359. The molecular weight excluding hydrogens is 449 g/mol. The second-order valence-electron chi connectivity index (χ2n) is 7.74. The van der Waals surface area contributed by atoms with Crippen molar-refractivity contribution in [1.29, 1.82) is 0 Å². The topological polar surface area (TPSA) is 95.1 Å². The first-order valence-corrected chi connectivity index (χ1v) is 10.7. The van der Waals surface area contributed by atoms with Gasteiger partial charge in [-0.25, -0.2) is 9.37 Å². The number of methoxy groups -OCH3 is 1. The van der Waals surface area contributed by atoms with Crippen LogP contribution in [0.25, 0.3) is 23.0 Å². The lowest BCUT2D eigenvalue weighted by atomic mass is 10.1. The summed E-state index contributed by atoms with van der Waals surface area (Å²) in [6, 6.07) is 20.4. The van der Waals surface area contributed by atoms with E-state index in [0.29, 0.717) is 40.6 Å². The number of hydrogen-bond acceptors (Lipinski definition) is 6. The highest BCUT2D eigenvalue weighted by molar-refractivity contribution is 6.04. The summed E-state index contributed by atoms with van der Waals surface area (Å²) in [7, 11) is 1.56. The molecule has 0 aliphatic rings. The number of carbonyl (C=O) groups is 1. The van der Waals surface area contributed by atoms with Crippen molar-refractivity contribution < 1.29 is 18.4 Å². The van der Waals surface area contributed by atoms with Crippen molar-refractivity contribution in [2.45, 2.75) is 6.54 Å². The number of rotatable bonds is 7. The fourth-order valence-corrected chi connectivity index (χ4v) is 3.47. The predicted molar refractivity (Wildman–Crippen MR) is 127 cm³/mol. The molecule has 174 valence electrons. The average molecular weight is 469 g/mol. The maximum Gasteiger partial charge on any atom is 0.278 e. The summed E-state index contributed by atoms with van der Waals surface area (Å²) in [6.45, 7) is 0.566. The molecule has 8 nitrogen and oxygen atoms in total. The first kappa shape index (κ1) is 22.0. The molecule has 0 atom stereocenters. The lowest BCUT2D eigenvalue weighted by Crippen LogP contribution is -2.11. The van der Waals surface area contributed by atoms with Crippen LogP contribution in [0, 0.1) is 5.82 Å². The van der Waals surface area contributed by atoms with E-state index in [9.17, 15) is 9.18 Å². The van der Waals surface area contributed by atoms with Gasteiger partial charge in [0.2, 0.25) is 5.82 Å². The molecule has 35 heavy (non-hydrogen) atoms. The van der Waals surface area contributed by atoms with E-state index in [1.165, 1.54) is 12.1 Å². The number of imidazole rings is 1. The van der Waals surface area contributed by atoms with Gasteiger partial charge in [0, 0.05) is 29.6 Å². The van der Waals surface area contributed by atoms with Crippen LogP contribution >= 0.6 is 0 Å². The highest BCUT2D eigenvalue weighted by atomic mass is 19.1. The van der Waals surface area contributed by atoms with Gasteiger partial charge in [0.25, 0.3) is 11.8 Å². The Kier molecular flexibility index (Phi) is 6.04. The van der Waals surface area contributed by atoms with Crippen LogP contribution in [0.4, 0.5) is 10.1 Å².